The lowest BCUT2D eigenvalue weighted by atomic mass is 9.99. The summed E-state index contributed by atoms with van der Waals surface area (Å²) in [5, 5.41) is 8.01. The van der Waals surface area contributed by atoms with Crippen molar-refractivity contribution in [2.75, 3.05) is 20.2 Å². The Balaban J connectivity index is 1.54. The number of benzene rings is 1. The summed E-state index contributed by atoms with van der Waals surface area (Å²) in [6.07, 6.45) is 1.15. The SMILES string of the molecule is COc1c(CNC[C@H](C)N2CCc3ccccc3C2)c(C)nn1C. The van der Waals surface area contributed by atoms with Crippen LogP contribution in [0.1, 0.15) is 29.3 Å². The zero-order valence-electron chi connectivity index (χ0n) is 15.2. The largest absolute Gasteiger partial charge is 0.481 e. The average Bonchev–Trinajstić information content (AvgIpc) is 2.87. The Kier molecular flexibility index (Phi) is 5.21. The fourth-order valence-electron chi connectivity index (χ4n) is 3.57. The van der Waals surface area contributed by atoms with Crippen molar-refractivity contribution >= 4 is 0 Å². The number of methoxy groups -OCH3 is 1. The number of hydrogen-bond acceptors (Lipinski definition) is 4. The van der Waals surface area contributed by atoms with Crippen molar-refractivity contribution in [3.8, 4) is 5.88 Å². The molecule has 1 atom stereocenters. The minimum absolute atomic E-state index is 0.501. The van der Waals surface area contributed by atoms with Crippen LogP contribution in [0, 0.1) is 6.92 Å². The summed E-state index contributed by atoms with van der Waals surface area (Å²) in [4.78, 5) is 2.56. The summed E-state index contributed by atoms with van der Waals surface area (Å²) in [6, 6.07) is 9.30. The van der Waals surface area contributed by atoms with E-state index in [0.717, 1.165) is 49.7 Å². The molecule has 1 aliphatic rings. The standard InChI is InChI=1S/C19H28N4O/c1-14(23-10-9-16-7-5-6-8-17(16)13-23)11-20-12-18-15(2)21-22(3)19(18)24-4/h5-8,14,20H,9-13H2,1-4H3/t14-/m0/s1. The maximum atomic E-state index is 5.46. The van der Waals surface area contributed by atoms with Crippen LogP contribution in [-0.2, 0) is 26.6 Å². The van der Waals surface area contributed by atoms with Crippen molar-refractivity contribution in [3.05, 3.63) is 46.6 Å². The van der Waals surface area contributed by atoms with Crippen LogP contribution in [0.25, 0.3) is 0 Å². The van der Waals surface area contributed by atoms with Gasteiger partial charge in [0, 0.05) is 39.3 Å². The first-order valence-electron chi connectivity index (χ1n) is 8.68. The Hall–Kier alpha value is -1.85. The van der Waals surface area contributed by atoms with Gasteiger partial charge in [-0.1, -0.05) is 24.3 Å². The van der Waals surface area contributed by atoms with Crippen molar-refractivity contribution in [2.24, 2.45) is 7.05 Å². The van der Waals surface area contributed by atoms with Crippen LogP contribution >= 0.6 is 0 Å². The minimum Gasteiger partial charge on any atom is -0.481 e. The van der Waals surface area contributed by atoms with E-state index in [1.54, 1.807) is 11.8 Å². The number of nitrogens with one attached hydrogen (secondary N) is 1. The smallest absolute Gasteiger partial charge is 0.216 e. The van der Waals surface area contributed by atoms with Gasteiger partial charge >= 0.3 is 0 Å². The van der Waals surface area contributed by atoms with E-state index in [2.05, 4.69) is 46.5 Å². The molecule has 0 saturated heterocycles. The molecule has 2 aromatic rings. The molecule has 0 bridgehead atoms. The topological polar surface area (TPSA) is 42.3 Å². The first-order valence-corrected chi connectivity index (χ1v) is 8.68. The molecule has 2 heterocycles. The predicted molar refractivity (Wildman–Crippen MR) is 96.2 cm³/mol. The highest BCUT2D eigenvalue weighted by Crippen LogP contribution is 2.22. The third-order valence-electron chi connectivity index (χ3n) is 5.01. The summed E-state index contributed by atoms with van der Waals surface area (Å²) in [5.74, 6) is 0.847. The van der Waals surface area contributed by atoms with Crippen molar-refractivity contribution in [1.82, 2.24) is 20.0 Å². The van der Waals surface area contributed by atoms with Gasteiger partial charge in [0.1, 0.15) is 0 Å². The van der Waals surface area contributed by atoms with Gasteiger partial charge in [-0.3, -0.25) is 4.90 Å². The molecule has 5 nitrogen and oxygen atoms in total. The van der Waals surface area contributed by atoms with Gasteiger partial charge in [-0.15, -0.1) is 0 Å². The lowest BCUT2D eigenvalue weighted by Crippen LogP contribution is -2.43. The Morgan fingerprint density at radius 1 is 1.29 bits per heavy atom. The van der Waals surface area contributed by atoms with Crippen LogP contribution in [0.4, 0.5) is 0 Å². The van der Waals surface area contributed by atoms with E-state index in [4.69, 9.17) is 4.74 Å². The number of aromatic nitrogens is 2. The van der Waals surface area contributed by atoms with Crippen molar-refractivity contribution in [1.29, 1.82) is 0 Å². The highest BCUT2D eigenvalue weighted by atomic mass is 16.5. The lowest BCUT2D eigenvalue weighted by Gasteiger charge is -2.33. The molecule has 1 aromatic heterocycles. The average molecular weight is 328 g/mol. The monoisotopic (exact) mass is 328 g/mol. The third-order valence-corrected chi connectivity index (χ3v) is 5.01. The molecule has 24 heavy (non-hydrogen) atoms. The molecule has 0 unspecified atom stereocenters. The second-order valence-corrected chi connectivity index (χ2v) is 6.67. The molecular weight excluding hydrogens is 300 g/mol. The van der Waals surface area contributed by atoms with Gasteiger partial charge in [-0.2, -0.15) is 5.10 Å². The Labute approximate surface area is 144 Å². The van der Waals surface area contributed by atoms with Crippen molar-refractivity contribution in [3.63, 3.8) is 0 Å². The molecule has 0 aliphatic carbocycles. The molecule has 1 N–H and O–H groups in total. The molecule has 3 rings (SSSR count). The van der Waals surface area contributed by atoms with E-state index < -0.39 is 0 Å². The first kappa shape index (κ1) is 17.0. The number of rotatable bonds is 6. The fourth-order valence-corrected chi connectivity index (χ4v) is 3.57. The first-order chi connectivity index (χ1) is 11.6. The lowest BCUT2D eigenvalue weighted by molar-refractivity contribution is 0.186. The maximum absolute atomic E-state index is 5.46. The van der Waals surface area contributed by atoms with Crippen LogP contribution in [0.3, 0.4) is 0 Å². The van der Waals surface area contributed by atoms with E-state index in [0.29, 0.717) is 6.04 Å². The predicted octanol–water partition coefficient (Wildman–Crippen LogP) is 2.27. The molecule has 0 radical (unpaired) electrons. The normalized spacial score (nSPS) is 16.0. The van der Waals surface area contributed by atoms with Gasteiger partial charge in [0.2, 0.25) is 5.88 Å². The molecule has 1 aromatic carbocycles. The van der Waals surface area contributed by atoms with Crippen LogP contribution in [0.15, 0.2) is 24.3 Å². The number of nitrogens with zero attached hydrogens (tertiary/aromatic N) is 3. The molecule has 0 saturated carbocycles. The molecule has 130 valence electrons. The summed E-state index contributed by atoms with van der Waals surface area (Å²) >= 11 is 0. The van der Waals surface area contributed by atoms with Crippen LogP contribution < -0.4 is 10.1 Å². The van der Waals surface area contributed by atoms with Gasteiger partial charge in [0.15, 0.2) is 0 Å². The van der Waals surface area contributed by atoms with Gasteiger partial charge in [-0.05, 0) is 31.4 Å². The quantitative estimate of drug-likeness (QED) is 0.883. The second kappa shape index (κ2) is 7.36. The van der Waals surface area contributed by atoms with Gasteiger partial charge < -0.3 is 10.1 Å². The van der Waals surface area contributed by atoms with Crippen molar-refractivity contribution in [2.45, 2.75) is 39.4 Å². The number of hydrogen-bond donors (Lipinski definition) is 1. The van der Waals surface area contributed by atoms with E-state index in [-0.39, 0.29) is 0 Å². The van der Waals surface area contributed by atoms with Gasteiger partial charge in [0.05, 0.1) is 18.4 Å². The zero-order valence-corrected chi connectivity index (χ0v) is 15.2. The summed E-state index contributed by atoms with van der Waals surface area (Å²) in [7, 11) is 3.62. The van der Waals surface area contributed by atoms with Crippen LogP contribution in [0.2, 0.25) is 0 Å². The highest BCUT2D eigenvalue weighted by molar-refractivity contribution is 5.31. The maximum Gasteiger partial charge on any atom is 0.216 e. The van der Waals surface area contributed by atoms with E-state index in [1.165, 1.54) is 11.1 Å². The molecular formula is C19H28N4O. The highest BCUT2D eigenvalue weighted by Gasteiger charge is 2.20. The van der Waals surface area contributed by atoms with E-state index in [1.807, 2.05) is 14.0 Å². The number of ether oxygens (including phenoxy) is 1. The Morgan fingerprint density at radius 3 is 2.79 bits per heavy atom. The molecule has 0 fully saturated rings. The van der Waals surface area contributed by atoms with Crippen LogP contribution in [0.5, 0.6) is 5.88 Å². The third kappa shape index (κ3) is 3.47. The molecule has 5 heteroatoms. The molecule has 1 aliphatic heterocycles. The fraction of sp³-hybridized carbons (Fsp3) is 0.526. The summed E-state index contributed by atoms with van der Waals surface area (Å²) in [5.41, 5.74) is 5.16. The van der Waals surface area contributed by atoms with Gasteiger partial charge in [0.25, 0.3) is 0 Å². The van der Waals surface area contributed by atoms with Crippen molar-refractivity contribution < 1.29 is 4.74 Å². The Bertz CT molecular complexity index is 695. The summed E-state index contributed by atoms with van der Waals surface area (Å²) in [6.45, 7) is 8.26. The van der Waals surface area contributed by atoms with Gasteiger partial charge in [-0.25, -0.2) is 4.68 Å². The summed E-state index contributed by atoms with van der Waals surface area (Å²) < 4.78 is 7.26. The van der Waals surface area contributed by atoms with Crippen LogP contribution in [-0.4, -0.2) is 40.9 Å². The number of aryl methyl sites for hydroxylation is 2. The minimum atomic E-state index is 0.501. The number of fused-ring (bicyclic) bond motifs is 1. The Morgan fingerprint density at radius 2 is 2.04 bits per heavy atom. The van der Waals surface area contributed by atoms with E-state index >= 15 is 0 Å². The van der Waals surface area contributed by atoms with E-state index in [9.17, 15) is 0 Å². The molecule has 0 amide bonds. The molecule has 0 spiro atoms. The zero-order chi connectivity index (χ0) is 17.1. The second-order valence-electron chi connectivity index (χ2n) is 6.67.